The molecule has 0 saturated carbocycles. The van der Waals surface area contributed by atoms with Crippen molar-refractivity contribution in [1.82, 2.24) is 9.97 Å². The van der Waals surface area contributed by atoms with E-state index in [0.29, 0.717) is 31.2 Å². The van der Waals surface area contributed by atoms with Gasteiger partial charge in [0.15, 0.2) is 0 Å². The van der Waals surface area contributed by atoms with Crippen molar-refractivity contribution in [2.24, 2.45) is 0 Å². The molecule has 92 valence electrons. The van der Waals surface area contributed by atoms with Crippen molar-refractivity contribution in [3.05, 3.63) is 22.8 Å². The van der Waals surface area contributed by atoms with Gasteiger partial charge >= 0.3 is 5.97 Å². The average molecular weight is 236 g/mol. The maximum absolute atomic E-state index is 10.8. The number of carboxylic acid groups (broad SMARTS) is 1. The molecule has 0 amide bonds. The molecule has 1 aromatic rings. The standard InChI is InChI=1S/C12H16N2O3/c1-7(2)12-13-9(5-11(15)16)8-3-4-17-6-10(8)14-12/h7H,3-6H2,1-2H3,(H,15,16). The zero-order chi connectivity index (χ0) is 12.4. The summed E-state index contributed by atoms with van der Waals surface area (Å²) in [5, 5.41) is 8.91. The van der Waals surface area contributed by atoms with Crippen LogP contribution in [0, 0.1) is 0 Å². The normalized spacial score (nSPS) is 14.8. The maximum atomic E-state index is 10.8. The highest BCUT2D eigenvalue weighted by Gasteiger charge is 2.20. The highest BCUT2D eigenvalue weighted by Crippen LogP contribution is 2.21. The third kappa shape index (κ3) is 2.61. The Morgan fingerprint density at radius 1 is 1.47 bits per heavy atom. The molecule has 1 aliphatic rings. The van der Waals surface area contributed by atoms with E-state index >= 15 is 0 Å². The van der Waals surface area contributed by atoms with Gasteiger partial charge in [0, 0.05) is 11.5 Å². The summed E-state index contributed by atoms with van der Waals surface area (Å²) >= 11 is 0. The van der Waals surface area contributed by atoms with E-state index in [0.717, 1.165) is 11.3 Å². The Hall–Kier alpha value is -1.49. The number of hydrogen-bond donors (Lipinski definition) is 1. The molecule has 2 rings (SSSR count). The number of hydrogen-bond acceptors (Lipinski definition) is 4. The van der Waals surface area contributed by atoms with Crippen molar-refractivity contribution in [2.75, 3.05) is 6.61 Å². The highest BCUT2D eigenvalue weighted by atomic mass is 16.5. The fraction of sp³-hybridized carbons (Fsp3) is 0.583. The van der Waals surface area contributed by atoms with Crippen molar-refractivity contribution < 1.29 is 14.6 Å². The van der Waals surface area contributed by atoms with Crippen LogP contribution >= 0.6 is 0 Å². The van der Waals surface area contributed by atoms with E-state index in [-0.39, 0.29) is 12.3 Å². The molecule has 17 heavy (non-hydrogen) atoms. The third-order valence-electron chi connectivity index (χ3n) is 2.77. The lowest BCUT2D eigenvalue weighted by Gasteiger charge is -2.19. The summed E-state index contributed by atoms with van der Waals surface area (Å²) in [5.74, 6) is 0.0346. The molecule has 0 fully saturated rings. The van der Waals surface area contributed by atoms with Gasteiger partial charge in [-0.2, -0.15) is 0 Å². The monoisotopic (exact) mass is 236 g/mol. The summed E-state index contributed by atoms with van der Waals surface area (Å²) < 4.78 is 5.35. The van der Waals surface area contributed by atoms with Gasteiger partial charge in [-0.25, -0.2) is 9.97 Å². The molecule has 1 aliphatic heterocycles. The molecule has 0 unspecified atom stereocenters. The summed E-state index contributed by atoms with van der Waals surface area (Å²) in [5.41, 5.74) is 2.46. The number of ether oxygens (including phenoxy) is 1. The fourth-order valence-electron chi connectivity index (χ4n) is 1.90. The van der Waals surface area contributed by atoms with Gasteiger partial charge in [-0.15, -0.1) is 0 Å². The zero-order valence-corrected chi connectivity index (χ0v) is 10.1. The maximum Gasteiger partial charge on any atom is 0.309 e. The van der Waals surface area contributed by atoms with Crippen LogP contribution in [0.1, 0.15) is 42.5 Å². The topological polar surface area (TPSA) is 72.3 Å². The second-order valence-corrected chi connectivity index (χ2v) is 4.48. The van der Waals surface area contributed by atoms with Gasteiger partial charge in [0.1, 0.15) is 5.82 Å². The minimum Gasteiger partial charge on any atom is -0.481 e. The van der Waals surface area contributed by atoms with Gasteiger partial charge in [-0.3, -0.25) is 4.79 Å². The number of aromatic nitrogens is 2. The first-order chi connectivity index (χ1) is 8.08. The first-order valence-corrected chi connectivity index (χ1v) is 5.76. The largest absolute Gasteiger partial charge is 0.481 e. The Morgan fingerprint density at radius 2 is 2.24 bits per heavy atom. The smallest absolute Gasteiger partial charge is 0.309 e. The lowest BCUT2D eigenvalue weighted by Crippen LogP contribution is -2.19. The van der Waals surface area contributed by atoms with Crippen LogP contribution in [0.25, 0.3) is 0 Å². The fourth-order valence-corrected chi connectivity index (χ4v) is 1.90. The minimum atomic E-state index is -0.855. The Morgan fingerprint density at radius 3 is 2.88 bits per heavy atom. The van der Waals surface area contributed by atoms with E-state index in [9.17, 15) is 4.79 Å². The van der Waals surface area contributed by atoms with Crippen LogP contribution in [-0.2, 0) is 29.0 Å². The van der Waals surface area contributed by atoms with Gasteiger partial charge in [0.2, 0.25) is 0 Å². The molecule has 0 aliphatic carbocycles. The van der Waals surface area contributed by atoms with Gasteiger partial charge < -0.3 is 9.84 Å². The molecule has 0 radical (unpaired) electrons. The number of fused-ring (bicyclic) bond motifs is 1. The predicted octanol–water partition coefficient (Wildman–Crippen LogP) is 1.30. The SMILES string of the molecule is CC(C)c1nc2c(c(CC(=O)O)n1)CCOC2. The molecular formula is C12H16N2O3. The molecular weight excluding hydrogens is 220 g/mol. The first-order valence-electron chi connectivity index (χ1n) is 5.76. The molecule has 1 aromatic heterocycles. The summed E-state index contributed by atoms with van der Waals surface area (Å²) in [7, 11) is 0. The van der Waals surface area contributed by atoms with Gasteiger partial charge in [0.25, 0.3) is 0 Å². The number of nitrogens with zero attached hydrogens (tertiary/aromatic N) is 2. The lowest BCUT2D eigenvalue weighted by atomic mass is 10.0. The third-order valence-corrected chi connectivity index (χ3v) is 2.77. The second-order valence-electron chi connectivity index (χ2n) is 4.48. The van der Waals surface area contributed by atoms with Crippen LogP contribution in [0.4, 0.5) is 0 Å². The molecule has 0 saturated heterocycles. The average Bonchev–Trinajstić information content (AvgIpc) is 2.28. The van der Waals surface area contributed by atoms with Crippen molar-refractivity contribution in [3.8, 4) is 0 Å². The van der Waals surface area contributed by atoms with Gasteiger partial charge in [-0.05, 0) is 6.42 Å². The zero-order valence-electron chi connectivity index (χ0n) is 10.1. The van der Waals surface area contributed by atoms with Crippen molar-refractivity contribution >= 4 is 5.97 Å². The Bertz CT molecular complexity index is 444. The molecule has 5 nitrogen and oxygen atoms in total. The highest BCUT2D eigenvalue weighted by molar-refractivity contribution is 5.70. The number of carbonyl (C=O) groups is 1. The van der Waals surface area contributed by atoms with E-state index in [1.54, 1.807) is 0 Å². The molecule has 0 spiro atoms. The molecule has 2 heterocycles. The summed E-state index contributed by atoms with van der Waals surface area (Å²) in [6.45, 7) is 5.07. The molecule has 5 heteroatoms. The van der Waals surface area contributed by atoms with Gasteiger partial charge in [0.05, 0.1) is 31.0 Å². The van der Waals surface area contributed by atoms with E-state index in [1.807, 2.05) is 13.8 Å². The second kappa shape index (κ2) is 4.79. The number of rotatable bonds is 3. The van der Waals surface area contributed by atoms with Crippen LogP contribution in [0.2, 0.25) is 0 Å². The summed E-state index contributed by atoms with van der Waals surface area (Å²) in [6.07, 6.45) is 0.668. The van der Waals surface area contributed by atoms with Gasteiger partial charge in [-0.1, -0.05) is 13.8 Å². The van der Waals surface area contributed by atoms with Crippen LogP contribution in [0.5, 0.6) is 0 Å². The van der Waals surface area contributed by atoms with E-state index in [2.05, 4.69) is 9.97 Å². The minimum absolute atomic E-state index is 0.0371. The van der Waals surface area contributed by atoms with E-state index < -0.39 is 5.97 Å². The molecule has 0 aromatic carbocycles. The van der Waals surface area contributed by atoms with Crippen molar-refractivity contribution in [2.45, 2.75) is 39.2 Å². The number of carboxylic acids is 1. The van der Waals surface area contributed by atoms with E-state index in [4.69, 9.17) is 9.84 Å². The Kier molecular flexibility index (Phi) is 3.38. The van der Waals surface area contributed by atoms with Crippen molar-refractivity contribution in [3.63, 3.8) is 0 Å². The van der Waals surface area contributed by atoms with Crippen molar-refractivity contribution in [1.29, 1.82) is 0 Å². The Labute approximate surface area is 99.9 Å². The van der Waals surface area contributed by atoms with Crippen LogP contribution in [0.15, 0.2) is 0 Å². The molecule has 0 atom stereocenters. The summed E-state index contributed by atoms with van der Waals surface area (Å²) in [4.78, 5) is 19.7. The van der Waals surface area contributed by atoms with Crippen LogP contribution in [0.3, 0.4) is 0 Å². The quantitative estimate of drug-likeness (QED) is 0.856. The number of aliphatic carboxylic acids is 1. The van der Waals surface area contributed by atoms with Crippen LogP contribution < -0.4 is 0 Å². The lowest BCUT2D eigenvalue weighted by molar-refractivity contribution is -0.136. The van der Waals surface area contributed by atoms with Crippen LogP contribution in [-0.4, -0.2) is 27.7 Å². The Balaban J connectivity index is 2.46. The molecule has 0 bridgehead atoms. The summed E-state index contributed by atoms with van der Waals surface area (Å²) in [6, 6.07) is 0. The van der Waals surface area contributed by atoms with E-state index in [1.165, 1.54) is 0 Å². The molecule has 1 N–H and O–H groups in total. The predicted molar refractivity (Wildman–Crippen MR) is 60.8 cm³/mol. The first kappa shape index (κ1) is 12.0.